The molecule has 0 unspecified atom stereocenters. The van der Waals surface area contributed by atoms with Crippen LogP contribution in [0.15, 0.2) is 60.7 Å². The molecular formula is C22H19Cl2NO4. The summed E-state index contributed by atoms with van der Waals surface area (Å²) in [6.45, 7) is 0.320. The average molecular weight is 432 g/mol. The Morgan fingerprint density at radius 1 is 0.897 bits per heavy atom. The zero-order valence-electron chi connectivity index (χ0n) is 15.9. The number of amides is 1. The van der Waals surface area contributed by atoms with E-state index in [0.29, 0.717) is 45.2 Å². The molecule has 0 aliphatic carbocycles. The summed E-state index contributed by atoms with van der Waals surface area (Å²) in [5.74, 6) is 0.821. The molecule has 3 rings (SSSR count). The van der Waals surface area contributed by atoms with E-state index in [-0.39, 0.29) is 0 Å². The van der Waals surface area contributed by atoms with Crippen LogP contribution in [0, 0.1) is 0 Å². The van der Waals surface area contributed by atoms with Gasteiger partial charge in [-0.25, -0.2) is 0 Å². The summed E-state index contributed by atoms with van der Waals surface area (Å²) in [5.41, 5.74) is 1.69. The van der Waals surface area contributed by atoms with Crippen LogP contribution in [0.1, 0.15) is 15.9 Å². The molecule has 0 heterocycles. The lowest BCUT2D eigenvalue weighted by atomic mass is 10.1. The summed E-state index contributed by atoms with van der Waals surface area (Å²) in [6.07, 6.45) is 0. The second kappa shape index (κ2) is 9.54. The van der Waals surface area contributed by atoms with Gasteiger partial charge in [-0.1, -0.05) is 53.5 Å². The Labute approximate surface area is 179 Å². The number of rotatable bonds is 7. The molecule has 3 aromatic rings. The molecule has 0 atom stereocenters. The minimum atomic E-state index is -0.404. The molecule has 0 spiro atoms. The molecule has 0 aliphatic heterocycles. The third-order valence-corrected chi connectivity index (χ3v) is 4.68. The van der Waals surface area contributed by atoms with E-state index in [4.69, 9.17) is 37.4 Å². The van der Waals surface area contributed by atoms with E-state index in [1.807, 2.05) is 30.3 Å². The quantitative estimate of drug-likeness (QED) is 0.510. The van der Waals surface area contributed by atoms with Crippen LogP contribution in [0.2, 0.25) is 10.0 Å². The fourth-order valence-corrected chi connectivity index (χ4v) is 3.09. The highest BCUT2D eigenvalue weighted by Gasteiger charge is 2.17. The van der Waals surface area contributed by atoms with Gasteiger partial charge < -0.3 is 19.5 Å². The minimum absolute atomic E-state index is 0.296. The van der Waals surface area contributed by atoms with Crippen molar-refractivity contribution in [1.29, 1.82) is 0 Å². The first kappa shape index (κ1) is 20.8. The SMILES string of the molecule is COc1cc(NC(=O)c2cc(Cl)ccc2OCc2ccccc2)c(OC)cc1Cl. The topological polar surface area (TPSA) is 56.8 Å². The van der Waals surface area contributed by atoms with Gasteiger partial charge in [0.15, 0.2) is 0 Å². The van der Waals surface area contributed by atoms with Gasteiger partial charge in [0.1, 0.15) is 23.9 Å². The first-order chi connectivity index (χ1) is 14.0. The first-order valence-corrected chi connectivity index (χ1v) is 9.46. The van der Waals surface area contributed by atoms with Gasteiger partial charge >= 0.3 is 0 Å². The lowest BCUT2D eigenvalue weighted by molar-refractivity contribution is 0.102. The summed E-state index contributed by atoms with van der Waals surface area (Å²) < 4.78 is 16.4. The molecule has 0 bridgehead atoms. The summed E-state index contributed by atoms with van der Waals surface area (Å²) in [5, 5.41) is 3.60. The van der Waals surface area contributed by atoms with Gasteiger partial charge in [0.2, 0.25) is 0 Å². The van der Waals surface area contributed by atoms with Crippen LogP contribution in [0.4, 0.5) is 5.69 Å². The van der Waals surface area contributed by atoms with Crippen molar-refractivity contribution in [3.8, 4) is 17.2 Å². The number of carbonyl (C=O) groups is 1. The molecule has 1 amide bonds. The van der Waals surface area contributed by atoms with Gasteiger partial charge in [0.25, 0.3) is 5.91 Å². The van der Waals surface area contributed by atoms with Crippen molar-refractivity contribution in [3.63, 3.8) is 0 Å². The maximum Gasteiger partial charge on any atom is 0.259 e. The number of anilines is 1. The van der Waals surface area contributed by atoms with E-state index in [2.05, 4.69) is 5.32 Å². The minimum Gasteiger partial charge on any atom is -0.495 e. The number of nitrogens with one attached hydrogen (secondary N) is 1. The molecule has 1 N–H and O–H groups in total. The van der Waals surface area contributed by atoms with Crippen molar-refractivity contribution in [2.24, 2.45) is 0 Å². The molecule has 5 nitrogen and oxygen atoms in total. The number of carbonyl (C=O) groups excluding carboxylic acids is 1. The van der Waals surface area contributed by atoms with Crippen LogP contribution in [-0.2, 0) is 6.61 Å². The van der Waals surface area contributed by atoms with Crippen LogP contribution in [0.25, 0.3) is 0 Å². The monoisotopic (exact) mass is 431 g/mol. The van der Waals surface area contributed by atoms with Gasteiger partial charge in [0, 0.05) is 17.2 Å². The maximum absolute atomic E-state index is 13.0. The second-order valence-electron chi connectivity index (χ2n) is 6.06. The van der Waals surface area contributed by atoms with Crippen LogP contribution in [-0.4, -0.2) is 20.1 Å². The highest BCUT2D eigenvalue weighted by atomic mass is 35.5. The standard InChI is InChI=1S/C22H19Cl2NO4/c1-27-20-12-18(21(28-2)11-17(20)24)25-22(26)16-10-15(23)8-9-19(16)29-13-14-6-4-3-5-7-14/h3-12H,13H2,1-2H3,(H,25,26). The Bertz CT molecular complexity index is 1010. The Morgan fingerprint density at radius 3 is 2.31 bits per heavy atom. The molecule has 0 saturated heterocycles. The van der Waals surface area contributed by atoms with Gasteiger partial charge in [-0.15, -0.1) is 0 Å². The fourth-order valence-electron chi connectivity index (χ4n) is 2.69. The summed E-state index contributed by atoms with van der Waals surface area (Å²) in [7, 11) is 2.98. The molecule has 0 radical (unpaired) electrons. The van der Waals surface area contributed by atoms with E-state index >= 15 is 0 Å². The molecule has 0 aromatic heterocycles. The maximum atomic E-state index is 13.0. The van der Waals surface area contributed by atoms with Crippen LogP contribution in [0.3, 0.4) is 0 Å². The first-order valence-electron chi connectivity index (χ1n) is 8.71. The van der Waals surface area contributed by atoms with Crippen molar-refractivity contribution in [1.82, 2.24) is 0 Å². The zero-order valence-corrected chi connectivity index (χ0v) is 17.4. The fraction of sp³-hybridized carbons (Fsp3) is 0.136. The van der Waals surface area contributed by atoms with E-state index in [0.717, 1.165) is 5.56 Å². The normalized spacial score (nSPS) is 10.3. The lowest BCUT2D eigenvalue weighted by Crippen LogP contribution is -2.14. The van der Waals surface area contributed by atoms with Crippen LogP contribution in [0.5, 0.6) is 17.2 Å². The molecule has 29 heavy (non-hydrogen) atoms. The highest BCUT2D eigenvalue weighted by Crippen LogP contribution is 2.36. The van der Waals surface area contributed by atoms with Crippen molar-refractivity contribution in [2.45, 2.75) is 6.61 Å². The van der Waals surface area contributed by atoms with Crippen molar-refractivity contribution in [3.05, 3.63) is 81.8 Å². The lowest BCUT2D eigenvalue weighted by Gasteiger charge is -2.15. The van der Waals surface area contributed by atoms with Gasteiger partial charge in [-0.2, -0.15) is 0 Å². The number of methoxy groups -OCH3 is 2. The molecule has 0 fully saturated rings. The number of halogens is 2. The Morgan fingerprint density at radius 2 is 1.62 bits per heavy atom. The van der Waals surface area contributed by atoms with Crippen molar-refractivity contribution >= 4 is 34.8 Å². The third-order valence-electron chi connectivity index (χ3n) is 4.15. The van der Waals surface area contributed by atoms with Gasteiger partial charge in [-0.3, -0.25) is 4.79 Å². The molecule has 0 aliphatic rings. The molecule has 150 valence electrons. The number of benzene rings is 3. The van der Waals surface area contributed by atoms with E-state index in [1.54, 1.807) is 30.3 Å². The molecule has 3 aromatic carbocycles. The van der Waals surface area contributed by atoms with Crippen molar-refractivity contribution < 1.29 is 19.0 Å². The number of hydrogen-bond donors (Lipinski definition) is 1. The predicted molar refractivity (Wildman–Crippen MR) is 115 cm³/mol. The van der Waals surface area contributed by atoms with Gasteiger partial charge in [0.05, 0.1) is 30.5 Å². The summed E-state index contributed by atoms with van der Waals surface area (Å²) >= 11 is 12.2. The predicted octanol–water partition coefficient (Wildman–Crippen LogP) is 5.84. The highest BCUT2D eigenvalue weighted by molar-refractivity contribution is 6.32. The smallest absolute Gasteiger partial charge is 0.259 e. The van der Waals surface area contributed by atoms with Crippen LogP contribution < -0.4 is 19.5 Å². The van der Waals surface area contributed by atoms with E-state index in [1.165, 1.54) is 14.2 Å². The van der Waals surface area contributed by atoms with Crippen LogP contribution >= 0.6 is 23.2 Å². The molecule has 0 saturated carbocycles. The Balaban J connectivity index is 1.86. The summed E-state index contributed by atoms with van der Waals surface area (Å²) in [4.78, 5) is 13.0. The third kappa shape index (κ3) is 5.13. The molecular weight excluding hydrogens is 413 g/mol. The zero-order chi connectivity index (χ0) is 20.8. The second-order valence-corrected chi connectivity index (χ2v) is 6.90. The molecule has 7 heteroatoms. The van der Waals surface area contributed by atoms with E-state index < -0.39 is 5.91 Å². The van der Waals surface area contributed by atoms with Gasteiger partial charge in [-0.05, 0) is 23.8 Å². The number of hydrogen-bond acceptors (Lipinski definition) is 4. The summed E-state index contributed by atoms with van der Waals surface area (Å²) in [6, 6.07) is 17.7. The van der Waals surface area contributed by atoms with E-state index in [9.17, 15) is 4.79 Å². The Hall–Kier alpha value is -2.89. The Kier molecular flexibility index (Phi) is 6.86. The largest absolute Gasteiger partial charge is 0.495 e. The van der Waals surface area contributed by atoms with Crippen molar-refractivity contribution in [2.75, 3.05) is 19.5 Å². The number of ether oxygens (including phenoxy) is 3. The average Bonchev–Trinajstić information content (AvgIpc) is 2.74.